The Hall–Kier alpha value is -5.25. The van der Waals surface area contributed by atoms with Gasteiger partial charge in [-0.1, -0.05) is 25.3 Å². The molecule has 0 aliphatic carbocycles. The topological polar surface area (TPSA) is 127 Å². The molecular weight excluding hydrogens is 544 g/mol. The van der Waals surface area contributed by atoms with Gasteiger partial charge in [-0.25, -0.2) is 14.4 Å². The highest BCUT2D eigenvalue weighted by Crippen LogP contribution is 2.31. The minimum atomic E-state index is -0.606. The lowest BCUT2D eigenvalue weighted by atomic mass is 10.2. The molecule has 3 aromatic carbocycles. The first-order chi connectivity index (χ1) is 20.4. The molecule has 0 saturated heterocycles. The van der Waals surface area contributed by atoms with Gasteiger partial charge >= 0.3 is 17.9 Å². The summed E-state index contributed by atoms with van der Waals surface area (Å²) in [7, 11) is 0. The summed E-state index contributed by atoms with van der Waals surface area (Å²) >= 11 is 0. The Morgan fingerprint density at radius 3 is 1.71 bits per heavy atom. The van der Waals surface area contributed by atoms with Crippen molar-refractivity contribution in [3.05, 3.63) is 103 Å². The number of rotatable bonds is 17. The zero-order valence-corrected chi connectivity index (χ0v) is 23.0. The molecule has 0 fully saturated rings. The molecule has 0 aromatic heterocycles. The van der Waals surface area contributed by atoms with Gasteiger partial charge in [0.2, 0.25) is 0 Å². The molecule has 220 valence electrons. The second-order valence-electron chi connectivity index (χ2n) is 8.62. The normalized spacial score (nSPS) is 10.2. The van der Waals surface area contributed by atoms with Crippen LogP contribution in [0, 0.1) is 0 Å². The maximum Gasteiger partial charge on any atom is 0.343 e. The summed E-state index contributed by atoms with van der Waals surface area (Å²) in [5, 5.41) is 10.4. The number of ether oxygens (including phenoxy) is 6. The third kappa shape index (κ3) is 10.7. The summed E-state index contributed by atoms with van der Waals surface area (Å²) in [5.74, 6) is -0.146. The largest absolute Gasteiger partial charge is 0.504 e. The van der Waals surface area contributed by atoms with Crippen molar-refractivity contribution in [2.75, 3.05) is 26.4 Å². The molecule has 0 atom stereocenters. The second-order valence-corrected chi connectivity index (χ2v) is 8.62. The fourth-order valence-corrected chi connectivity index (χ4v) is 3.34. The van der Waals surface area contributed by atoms with E-state index in [2.05, 4.69) is 13.2 Å². The lowest BCUT2D eigenvalue weighted by Gasteiger charge is -2.11. The molecule has 0 heterocycles. The van der Waals surface area contributed by atoms with Crippen molar-refractivity contribution >= 4 is 17.9 Å². The Kier molecular flexibility index (Phi) is 12.5. The van der Waals surface area contributed by atoms with Crippen LogP contribution in [0.2, 0.25) is 0 Å². The van der Waals surface area contributed by atoms with Gasteiger partial charge < -0.3 is 33.5 Å². The number of carbonyl (C=O) groups excluding carboxylic acids is 3. The monoisotopic (exact) mass is 576 g/mol. The first-order valence-corrected chi connectivity index (χ1v) is 13.1. The van der Waals surface area contributed by atoms with Gasteiger partial charge in [0.1, 0.15) is 23.9 Å². The summed E-state index contributed by atoms with van der Waals surface area (Å²) in [6, 6.07) is 18.0. The molecule has 0 bridgehead atoms. The minimum Gasteiger partial charge on any atom is -0.504 e. The average Bonchev–Trinajstić information content (AvgIpc) is 3.01. The highest BCUT2D eigenvalue weighted by Gasteiger charge is 2.12. The number of benzene rings is 3. The lowest BCUT2D eigenvalue weighted by molar-refractivity contribution is -0.138. The molecule has 0 spiro atoms. The predicted octanol–water partition coefficient (Wildman–Crippen LogP) is 5.19. The van der Waals surface area contributed by atoms with Crippen molar-refractivity contribution in [3.63, 3.8) is 0 Å². The van der Waals surface area contributed by atoms with Gasteiger partial charge in [-0.05, 0) is 54.1 Å². The van der Waals surface area contributed by atoms with E-state index in [0.717, 1.165) is 17.7 Å². The fraction of sp³-hybridized carbons (Fsp3) is 0.219. The van der Waals surface area contributed by atoms with Gasteiger partial charge in [0, 0.05) is 31.1 Å². The minimum absolute atomic E-state index is 0.153. The molecule has 3 aromatic rings. The van der Waals surface area contributed by atoms with Crippen LogP contribution >= 0.6 is 0 Å². The van der Waals surface area contributed by atoms with E-state index in [-0.39, 0.29) is 37.1 Å². The number of hydrogen-bond donors (Lipinski definition) is 1. The van der Waals surface area contributed by atoms with E-state index in [0.29, 0.717) is 43.1 Å². The van der Waals surface area contributed by atoms with Crippen LogP contribution in [0.4, 0.5) is 0 Å². The number of esters is 3. The van der Waals surface area contributed by atoms with Crippen molar-refractivity contribution in [1.29, 1.82) is 0 Å². The first-order valence-electron chi connectivity index (χ1n) is 13.1. The van der Waals surface area contributed by atoms with E-state index < -0.39 is 17.9 Å². The molecule has 10 heteroatoms. The van der Waals surface area contributed by atoms with E-state index >= 15 is 0 Å². The average molecular weight is 577 g/mol. The van der Waals surface area contributed by atoms with E-state index in [1.807, 2.05) is 12.1 Å². The Morgan fingerprint density at radius 2 is 1.19 bits per heavy atom. The maximum absolute atomic E-state index is 12.5. The summed E-state index contributed by atoms with van der Waals surface area (Å²) in [6.07, 6.45) is 3.27. The molecule has 0 saturated carbocycles. The molecule has 0 radical (unpaired) electrons. The molecule has 1 N–H and O–H groups in total. The molecular formula is C32H32O10. The van der Waals surface area contributed by atoms with Gasteiger partial charge in [-0.15, -0.1) is 0 Å². The van der Waals surface area contributed by atoms with Gasteiger partial charge in [0.15, 0.2) is 11.5 Å². The number of phenols is 1. The SMILES string of the molecule is C=CC(=O)OCCCOc1ccc(COc2ccc(OC(=O)c3ccc(OCCCOC(=O)C=C)cc3)cc2O)cc1. The van der Waals surface area contributed by atoms with E-state index in [4.69, 9.17) is 28.4 Å². The van der Waals surface area contributed by atoms with Crippen molar-refractivity contribution < 1.29 is 47.9 Å². The third-order valence-electron chi connectivity index (χ3n) is 5.49. The van der Waals surface area contributed by atoms with Crippen LogP contribution in [-0.2, 0) is 25.7 Å². The van der Waals surface area contributed by atoms with Crippen molar-refractivity contribution in [2.24, 2.45) is 0 Å². The number of carbonyl (C=O) groups is 3. The number of aromatic hydroxyl groups is 1. The Morgan fingerprint density at radius 1 is 0.667 bits per heavy atom. The van der Waals surface area contributed by atoms with Crippen molar-refractivity contribution in [1.82, 2.24) is 0 Å². The standard InChI is InChI=1S/C32H32O10/c1-3-30(34)39-19-5-17-37-25-11-7-23(8-12-25)22-41-29-16-15-27(21-28(29)33)42-32(36)24-9-13-26(14-10-24)38-18-6-20-40-31(35)4-2/h3-4,7-16,21,33H,1-2,5-6,17-20,22H2. The fourth-order valence-electron chi connectivity index (χ4n) is 3.34. The Bertz CT molecular complexity index is 1350. The van der Waals surface area contributed by atoms with E-state index in [1.54, 1.807) is 36.4 Å². The van der Waals surface area contributed by atoms with Crippen molar-refractivity contribution in [3.8, 4) is 28.7 Å². The Labute approximate surface area is 243 Å². The summed E-state index contributed by atoms with van der Waals surface area (Å²) in [4.78, 5) is 34.5. The molecule has 0 aliphatic rings. The van der Waals surface area contributed by atoms with Gasteiger partial charge in [-0.3, -0.25) is 0 Å². The van der Waals surface area contributed by atoms with Gasteiger partial charge in [0.25, 0.3) is 0 Å². The van der Waals surface area contributed by atoms with Gasteiger partial charge in [0.05, 0.1) is 32.0 Å². The molecule has 10 nitrogen and oxygen atoms in total. The van der Waals surface area contributed by atoms with E-state index in [1.165, 1.54) is 18.2 Å². The van der Waals surface area contributed by atoms with Crippen LogP contribution < -0.4 is 18.9 Å². The summed E-state index contributed by atoms with van der Waals surface area (Å²) in [5.41, 5.74) is 1.14. The van der Waals surface area contributed by atoms with Crippen LogP contribution in [-0.4, -0.2) is 49.4 Å². The van der Waals surface area contributed by atoms with Crippen LogP contribution in [0.5, 0.6) is 28.7 Å². The highest BCUT2D eigenvalue weighted by molar-refractivity contribution is 5.91. The summed E-state index contributed by atoms with van der Waals surface area (Å²) in [6.45, 7) is 8.04. The van der Waals surface area contributed by atoms with Crippen LogP contribution in [0.3, 0.4) is 0 Å². The number of hydrogen-bond acceptors (Lipinski definition) is 10. The zero-order valence-electron chi connectivity index (χ0n) is 23.0. The highest BCUT2D eigenvalue weighted by atomic mass is 16.5. The van der Waals surface area contributed by atoms with Crippen molar-refractivity contribution in [2.45, 2.75) is 19.4 Å². The van der Waals surface area contributed by atoms with Gasteiger partial charge in [-0.2, -0.15) is 0 Å². The summed E-state index contributed by atoms with van der Waals surface area (Å²) < 4.78 is 32.0. The quantitative estimate of drug-likeness (QED) is 0.0993. The second kappa shape index (κ2) is 16.8. The third-order valence-corrected chi connectivity index (χ3v) is 5.49. The zero-order chi connectivity index (χ0) is 30.2. The molecule has 0 unspecified atom stereocenters. The van der Waals surface area contributed by atoms with Crippen LogP contribution in [0.15, 0.2) is 92.0 Å². The predicted molar refractivity (Wildman–Crippen MR) is 153 cm³/mol. The number of phenolic OH excluding ortho intramolecular Hbond substituents is 1. The lowest BCUT2D eigenvalue weighted by Crippen LogP contribution is -2.09. The molecule has 3 rings (SSSR count). The smallest absolute Gasteiger partial charge is 0.343 e. The molecule has 42 heavy (non-hydrogen) atoms. The molecule has 0 amide bonds. The maximum atomic E-state index is 12.5. The van der Waals surface area contributed by atoms with Crippen LogP contribution in [0.1, 0.15) is 28.8 Å². The Balaban J connectivity index is 1.40. The first kappa shape index (κ1) is 31.3. The molecule has 0 aliphatic heterocycles. The van der Waals surface area contributed by atoms with Crippen LogP contribution in [0.25, 0.3) is 0 Å². The van der Waals surface area contributed by atoms with E-state index in [9.17, 15) is 19.5 Å².